The zero-order valence-corrected chi connectivity index (χ0v) is 20.1. The highest BCUT2D eigenvalue weighted by molar-refractivity contribution is 6.01. The highest BCUT2D eigenvalue weighted by Crippen LogP contribution is 2.29. The van der Waals surface area contributed by atoms with Crippen LogP contribution in [0.15, 0.2) is 66.9 Å². The van der Waals surface area contributed by atoms with Crippen molar-refractivity contribution in [3.8, 4) is 0 Å². The number of carbonyl (C=O) groups excluding carboxylic acids is 2. The van der Waals surface area contributed by atoms with Crippen molar-refractivity contribution in [1.29, 1.82) is 0 Å². The zero-order chi connectivity index (χ0) is 24.2. The number of benzene rings is 2. The molecule has 7 nitrogen and oxygen atoms in total. The van der Waals surface area contributed by atoms with Crippen LogP contribution in [-0.2, 0) is 11.2 Å². The number of nitrogens with one attached hydrogen (secondary N) is 1. The molecule has 2 amide bonds. The molecule has 1 aromatic heterocycles. The number of hydrogen-bond donors (Lipinski definition) is 1. The number of anilines is 2. The largest absolute Gasteiger partial charge is 0.339 e. The molecule has 35 heavy (non-hydrogen) atoms. The lowest BCUT2D eigenvalue weighted by Gasteiger charge is -2.33. The van der Waals surface area contributed by atoms with Crippen LogP contribution in [0.4, 0.5) is 11.5 Å². The maximum absolute atomic E-state index is 13.1. The summed E-state index contributed by atoms with van der Waals surface area (Å²) in [7, 11) is 0. The summed E-state index contributed by atoms with van der Waals surface area (Å²) >= 11 is 0. The van der Waals surface area contributed by atoms with E-state index in [-0.39, 0.29) is 17.7 Å². The Labute approximate surface area is 206 Å². The molecular weight excluding hydrogens is 438 g/mol. The number of aryl methyl sites for hydroxylation is 1. The summed E-state index contributed by atoms with van der Waals surface area (Å²) in [5.41, 5.74) is 3.89. The molecule has 180 valence electrons. The number of carbonyl (C=O) groups is 2. The third kappa shape index (κ3) is 5.10. The molecule has 3 aromatic rings. The molecule has 0 saturated carbocycles. The quantitative estimate of drug-likeness (QED) is 0.595. The molecule has 2 aliphatic heterocycles. The van der Waals surface area contributed by atoms with Crippen LogP contribution in [0.5, 0.6) is 0 Å². The van der Waals surface area contributed by atoms with Gasteiger partial charge in [0.2, 0.25) is 5.91 Å². The van der Waals surface area contributed by atoms with E-state index in [9.17, 15) is 9.59 Å². The summed E-state index contributed by atoms with van der Waals surface area (Å²) in [6.07, 6.45) is 4.58. The SMILES string of the molecule is Cc1ccccc1C(=O)N1CCC(Cc2ccc(N(C(=O)C3CNC3)c3cccnn3)cc2)CC1. The molecule has 7 heteroatoms. The number of aromatic nitrogens is 2. The lowest BCUT2D eigenvalue weighted by molar-refractivity contribution is -0.123. The maximum atomic E-state index is 13.1. The molecule has 0 radical (unpaired) electrons. The molecule has 5 rings (SSSR count). The Morgan fingerprint density at radius 3 is 2.37 bits per heavy atom. The molecule has 2 saturated heterocycles. The van der Waals surface area contributed by atoms with Crippen LogP contribution in [-0.4, -0.2) is 53.1 Å². The van der Waals surface area contributed by atoms with Gasteiger partial charge in [0.15, 0.2) is 5.82 Å². The smallest absolute Gasteiger partial charge is 0.254 e. The highest BCUT2D eigenvalue weighted by Gasteiger charge is 2.32. The van der Waals surface area contributed by atoms with Crippen LogP contribution in [0, 0.1) is 18.8 Å². The Kier molecular flexibility index (Phi) is 6.86. The molecular formula is C28H31N5O2. The van der Waals surface area contributed by atoms with Crippen molar-refractivity contribution in [2.75, 3.05) is 31.1 Å². The van der Waals surface area contributed by atoms with E-state index < -0.39 is 0 Å². The number of piperidine rings is 1. The lowest BCUT2D eigenvalue weighted by atomic mass is 9.89. The third-order valence-corrected chi connectivity index (χ3v) is 7.13. The van der Waals surface area contributed by atoms with Gasteiger partial charge in [0.1, 0.15) is 0 Å². The predicted molar refractivity (Wildman–Crippen MR) is 135 cm³/mol. The zero-order valence-electron chi connectivity index (χ0n) is 20.1. The van der Waals surface area contributed by atoms with Crippen LogP contribution in [0.25, 0.3) is 0 Å². The first-order chi connectivity index (χ1) is 17.1. The van der Waals surface area contributed by atoms with Crippen LogP contribution in [0.2, 0.25) is 0 Å². The topological polar surface area (TPSA) is 78.4 Å². The third-order valence-electron chi connectivity index (χ3n) is 7.13. The Morgan fingerprint density at radius 2 is 1.74 bits per heavy atom. The number of hydrogen-bond acceptors (Lipinski definition) is 5. The summed E-state index contributed by atoms with van der Waals surface area (Å²) in [4.78, 5) is 29.7. The van der Waals surface area contributed by atoms with E-state index in [1.165, 1.54) is 5.56 Å². The number of rotatable bonds is 6. The van der Waals surface area contributed by atoms with E-state index in [4.69, 9.17) is 0 Å². The first-order valence-corrected chi connectivity index (χ1v) is 12.4. The Balaban J connectivity index is 1.22. The van der Waals surface area contributed by atoms with Gasteiger partial charge in [-0.3, -0.25) is 14.5 Å². The van der Waals surface area contributed by atoms with Crippen LogP contribution < -0.4 is 10.2 Å². The average molecular weight is 470 g/mol. The van der Waals surface area contributed by atoms with Crippen molar-refractivity contribution in [3.05, 3.63) is 83.6 Å². The summed E-state index contributed by atoms with van der Waals surface area (Å²) in [6.45, 7) is 4.96. The predicted octanol–water partition coefficient (Wildman–Crippen LogP) is 3.76. The molecule has 0 spiro atoms. The molecule has 0 unspecified atom stereocenters. The minimum absolute atomic E-state index is 0.0377. The second-order valence-electron chi connectivity index (χ2n) is 9.53. The molecule has 1 N–H and O–H groups in total. The molecule has 2 aliphatic rings. The minimum atomic E-state index is -0.0377. The van der Waals surface area contributed by atoms with Crippen molar-refractivity contribution in [3.63, 3.8) is 0 Å². The van der Waals surface area contributed by atoms with Gasteiger partial charge in [-0.15, -0.1) is 5.10 Å². The van der Waals surface area contributed by atoms with Crippen molar-refractivity contribution in [2.45, 2.75) is 26.2 Å². The van der Waals surface area contributed by atoms with Crippen molar-refractivity contribution < 1.29 is 9.59 Å². The van der Waals surface area contributed by atoms with Gasteiger partial charge in [0, 0.05) is 37.9 Å². The average Bonchev–Trinajstić information content (AvgIpc) is 2.85. The fourth-order valence-electron chi connectivity index (χ4n) is 4.87. The standard InChI is InChI=1S/C28H31N5O2/c1-20-5-2-3-6-25(20)28(35)32-15-12-22(13-16-32)17-21-8-10-24(11-9-21)33(26-7-4-14-30-31-26)27(34)23-18-29-19-23/h2-11,14,22-23,29H,12-13,15-19H2,1H3. The minimum Gasteiger partial charge on any atom is -0.339 e. The summed E-state index contributed by atoms with van der Waals surface area (Å²) < 4.78 is 0. The van der Waals surface area contributed by atoms with Crippen molar-refractivity contribution in [1.82, 2.24) is 20.4 Å². The van der Waals surface area contributed by atoms with E-state index in [2.05, 4.69) is 27.6 Å². The van der Waals surface area contributed by atoms with Gasteiger partial charge in [0.25, 0.3) is 5.91 Å². The Hall–Kier alpha value is -3.58. The first kappa shape index (κ1) is 23.2. The van der Waals surface area contributed by atoms with Crippen LogP contribution in [0.1, 0.15) is 34.3 Å². The molecule has 0 aliphatic carbocycles. The molecule has 2 aromatic carbocycles. The van der Waals surface area contributed by atoms with Gasteiger partial charge in [0.05, 0.1) is 11.6 Å². The van der Waals surface area contributed by atoms with Crippen molar-refractivity contribution >= 4 is 23.3 Å². The molecule has 3 heterocycles. The molecule has 0 bridgehead atoms. The Bertz CT molecular complexity index is 1170. The first-order valence-electron chi connectivity index (χ1n) is 12.4. The van der Waals surface area contributed by atoms with Gasteiger partial charge in [-0.25, -0.2) is 0 Å². The Morgan fingerprint density at radius 1 is 1.00 bits per heavy atom. The normalized spacial score (nSPS) is 16.5. The van der Waals surface area contributed by atoms with E-state index in [0.29, 0.717) is 24.8 Å². The van der Waals surface area contributed by atoms with Gasteiger partial charge >= 0.3 is 0 Å². The summed E-state index contributed by atoms with van der Waals surface area (Å²) in [5.74, 6) is 1.23. The fraction of sp³-hybridized carbons (Fsp3) is 0.357. The summed E-state index contributed by atoms with van der Waals surface area (Å²) in [6, 6.07) is 19.6. The summed E-state index contributed by atoms with van der Waals surface area (Å²) in [5, 5.41) is 11.3. The van der Waals surface area contributed by atoms with Crippen molar-refractivity contribution in [2.24, 2.45) is 11.8 Å². The van der Waals surface area contributed by atoms with E-state index in [0.717, 1.165) is 49.2 Å². The number of nitrogens with zero attached hydrogens (tertiary/aromatic N) is 4. The molecule has 2 fully saturated rings. The van der Waals surface area contributed by atoms with Crippen LogP contribution in [0.3, 0.4) is 0 Å². The number of amides is 2. The maximum Gasteiger partial charge on any atom is 0.254 e. The van der Waals surface area contributed by atoms with Gasteiger partial charge in [-0.1, -0.05) is 30.3 Å². The highest BCUT2D eigenvalue weighted by atomic mass is 16.2. The van der Waals surface area contributed by atoms with E-state index in [1.807, 2.05) is 54.3 Å². The lowest BCUT2D eigenvalue weighted by Crippen LogP contribution is -2.51. The molecule has 0 atom stereocenters. The number of likely N-dealkylation sites (tertiary alicyclic amines) is 1. The van der Waals surface area contributed by atoms with Crippen LogP contribution >= 0.6 is 0 Å². The van der Waals surface area contributed by atoms with Gasteiger partial charge < -0.3 is 10.2 Å². The van der Waals surface area contributed by atoms with E-state index >= 15 is 0 Å². The fourth-order valence-corrected chi connectivity index (χ4v) is 4.87. The second kappa shape index (κ2) is 10.4. The monoisotopic (exact) mass is 469 g/mol. The van der Waals surface area contributed by atoms with Gasteiger partial charge in [-0.2, -0.15) is 5.10 Å². The second-order valence-corrected chi connectivity index (χ2v) is 9.53. The van der Waals surface area contributed by atoms with E-state index in [1.54, 1.807) is 17.2 Å². The van der Waals surface area contributed by atoms with Gasteiger partial charge in [-0.05, 0) is 73.6 Å².